The smallest absolute Gasteiger partial charge is 0.344 e. The first-order valence-electron chi connectivity index (χ1n) is 7.68. The summed E-state index contributed by atoms with van der Waals surface area (Å²) in [7, 11) is 3.11. The molecule has 0 spiro atoms. The second kappa shape index (κ2) is 8.73. The van der Waals surface area contributed by atoms with Gasteiger partial charge in [-0.05, 0) is 55.5 Å². The number of ether oxygens (including phenoxy) is 4. The van der Waals surface area contributed by atoms with E-state index in [0.717, 1.165) is 0 Å². The summed E-state index contributed by atoms with van der Waals surface area (Å²) in [4.78, 5) is 24.1. The Hall–Kier alpha value is -3.02. The zero-order chi connectivity index (χ0) is 18.2. The Morgan fingerprint density at radius 1 is 0.840 bits per heavy atom. The van der Waals surface area contributed by atoms with Crippen LogP contribution in [0.25, 0.3) is 0 Å². The van der Waals surface area contributed by atoms with Crippen LogP contribution >= 0.6 is 0 Å². The Morgan fingerprint density at radius 3 is 1.84 bits per heavy atom. The number of rotatable bonds is 8. The summed E-state index contributed by atoms with van der Waals surface area (Å²) in [5, 5.41) is 0. The lowest BCUT2D eigenvalue weighted by Crippen LogP contribution is -2.27. The Bertz CT molecular complexity index is 706. The monoisotopic (exact) mass is 344 g/mol. The van der Waals surface area contributed by atoms with Crippen molar-refractivity contribution in [3.05, 3.63) is 54.1 Å². The molecule has 1 atom stereocenters. The molecule has 0 aliphatic carbocycles. The summed E-state index contributed by atoms with van der Waals surface area (Å²) in [6.45, 7) is 1.24. The molecular formula is C19H20O6. The highest BCUT2D eigenvalue weighted by Crippen LogP contribution is 2.17. The molecule has 6 nitrogen and oxygen atoms in total. The van der Waals surface area contributed by atoms with Crippen molar-refractivity contribution in [2.75, 3.05) is 20.8 Å². The van der Waals surface area contributed by atoms with Crippen molar-refractivity contribution in [2.45, 2.75) is 13.0 Å². The second-order valence-corrected chi connectivity index (χ2v) is 5.19. The SMILES string of the molecule is COc1ccc(OCC(=O)O[C@@H](C)C(=O)c2ccc(OC)cc2)cc1. The molecule has 0 amide bonds. The van der Waals surface area contributed by atoms with Gasteiger partial charge in [0.1, 0.15) is 17.2 Å². The normalized spacial score (nSPS) is 11.3. The lowest BCUT2D eigenvalue weighted by molar-refractivity contribution is -0.148. The highest BCUT2D eigenvalue weighted by Gasteiger charge is 2.19. The standard InChI is InChI=1S/C19H20O6/c1-13(19(21)14-4-6-15(22-2)7-5-14)25-18(20)12-24-17-10-8-16(23-3)9-11-17/h4-11,13H,12H2,1-3H3/t13-/m0/s1. The van der Waals surface area contributed by atoms with Crippen molar-refractivity contribution in [3.8, 4) is 17.2 Å². The van der Waals surface area contributed by atoms with E-state index in [1.807, 2.05) is 0 Å². The van der Waals surface area contributed by atoms with E-state index >= 15 is 0 Å². The first kappa shape index (κ1) is 18.3. The Balaban J connectivity index is 1.84. The van der Waals surface area contributed by atoms with E-state index in [-0.39, 0.29) is 12.4 Å². The van der Waals surface area contributed by atoms with E-state index in [2.05, 4.69) is 0 Å². The lowest BCUT2D eigenvalue weighted by Gasteiger charge is -2.13. The molecule has 0 heterocycles. The highest BCUT2D eigenvalue weighted by molar-refractivity contribution is 6.00. The molecule has 0 saturated heterocycles. The first-order chi connectivity index (χ1) is 12.0. The predicted octanol–water partition coefficient (Wildman–Crippen LogP) is 2.90. The maximum atomic E-state index is 12.3. The minimum absolute atomic E-state index is 0.285. The molecule has 0 aliphatic heterocycles. The van der Waals surface area contributed by atoms with Gasteiger partial charge < -0.3 is 18.9 Å². The summed E-state index contributed by atoms with van der Waals surface area (Å²) in [5.41, 5.74) is 0.442. The van der Waals surface area contributed by atoms with Crippen LogP contribution in [0.15, 0.2) is 48.5 Å². The fourth-order valence-corrected chi connectivity index (χ4v) is 2.09. The van der Waals surface area contributed by atoms with Crippen molar-refractivity contribution in [1.29, 1.82) is 0 Å². The third-order valence-corrected chi connectivity index (χ3v) is 3.47. The van der Waals surface area contributed by atoms with Gasteiger partial charge in [0.2, 0.25) is 5.78 Å². The molecule has 6 heteroatoms. The van der Waals surface area contributed by atoms with E-state index in [4.69, 9.17) is 18.9 Å². The van der Waals surface area contributed by atoms with Gasteiger partial charge in [0.15, 0.2) is 12.7 Å². The molecule has 2 aromatic rings. The maximum absolute atomic E-state index is 12.3. The van der Waals surface area contributed by atoms with Gasteiger partial charge in [0.05, 0.1) is 14.2 Å². The summed E-state index contributed by atoms with van der Waals surface area (Å²) < 4.78 is 20.5. The topological polar surface area (TPSA) is 71.1 Å². The van der Waals surface area contributed by atoms with Crippen molar-refractivity contribution in [2.24, 2.45) is 0 Å². The number of hydrogen-bond donors (Lipinski definition) is 0. The van der Waals surface area contributed by atoms with E-state index in [1.165, 1.54) is 6.92 Å². The number of methoxy groups -OCH3 is 2. The molecule has 0 unspecified atom stereocenters. The minimum Gasteiger partial charge on any atom is -0.497 e. The molecular weight excluding hydrogens is 324 g/mol. The second-order valence-electron chi connectivity index (χ2n) is 5.19. The van der Waals surface area contributed by atoms with Crippen LogP contribution in [0.4, 0.5) is 0 Å². The summed E-state index contributed by atoms with van der Waals surface area (Å²) in [6.07, 6.45) is -0.902. The van der Waals surface area contributed by atoms with Crippen LogP contribution in [-0.2, 0) is 9.53 Å². The molecule has 0 N–H and O–H groups in total. The molecule has 25 heavy (non-hydrogen) atoms. The molecule has 0 radical (unpaired) electrons. The number of Topliss-reactive ketones (excluding diaryl/α,β-unsaturated/α-hetero) is 1. The van der Waals surface area contributed by atoms with Gasteiger partial charge in [0, 0.05) is 5.56 Å². The molecule has 2 rings (SSSR count). The number of carbonyl (C=O) groups is 2. The van der Waals surface area contributed by atoms with Gasteiger partial charge in [-0.1, -0.05) is 0 Å². The van der Waals surface area contributed by atoms with Gasteiger partial charge in [0.25, 0.3) is 0 Å². The molecule has 132 valence electrons. The largest absolute Gasteiger partial charge is 0.497 e. The van der Waals surface area contributed by atoms with Crippen LogP contribution < -0.4 is 14.2 Å². The quantitative estimate of drug-likeness (QED) is 0.542. The van der Waals surface area contributed by atoms with Crippen molar-refractivity contribution < 1.29 is 28.5 Å². The van der Waals surface area contributed by atoms with Crippen LogP contribution in [-0.4, -0.2) is 38.7 Å². The zero-order valence-electron chi connectivity index (χ0n) is 14.4. The molecule has 2 aromatic carbocycles. The summed E-state index contributed by atoms with van der Waals surface area (Å²) in [5.74, 6) is 0.931. The molecule has 0 fully saturated rings. The highest BCUT2D eigenvalue weighted by atomic mass is 16.6. The average molecular weight is 344 g/mol. The number of carbonyl (C=O) groups excluding carboxylic acids is 2. The third-order valence-electron chi connectivity index (χ3n) is 3.47. The first-order valence-corrected chi connectivity index (χ1v) is 7.68. The fraction of sp³-hybridized carbons (Fsp3) is 0.263. The predicted molar refractivity (Wildman–Crippen MR) is 91.4 cm³/mol. The third kappa shape index (κ3) is 5.24. The number of ketones is 1. The van der Waals surface area contributed by atoms with Gasteiger partial charge in [-0.25, -0.2) is 4.79 Å². The summed E-state index contributed by atoms with van der Waals surface area (Å²) >= 11 is 0. The van der Waals surface area contributed by atoms with Crippen LogP contribution in [0.2, 0.25) is 0 Å². The summed E-state index contributed by atoms with van der Waals surface area (Å²) in [6, 6.07) is 13.4. The average Bonchev–Trinajstić information content (AvgIpc) is 2.66. The Kier molecular flexibility index (Phi) is 6.39. The van der Waals surface area contributed by atoms with E-state index < -0.39 is 12.1 Å². The molecule has 0 aliphatic rings. The van der Waals surface area contributed by atoms with Gasteiger partial charge in [-0.2, -0.15) is 0 Å². The number of hydrogen-bond acceptors (Lipinski definition) is 6. The van der Waals surface area contributed by atoms with Gasteiger partial charge in [-0.15, -0.1) is 0 Å². The van der Waals surface area contributed by atoms with E-state index in [0.29, 0.717) is 22.8 Å². The minimum atomic E-state index is -0.902. The fourth-order valence-electron chi connectivity index (χ4n) is 2.09. The van der Waals surface area contributed by atoms with E-state index in [1.54, 1.807) is 62.8 Å². The van der Waals surface area contributed by atoms with Crippen molar-refractivity contribution in [1.82, 2.24) is 0 Å². The van der Waals surface area contributed by atoms with Crippen molar-refractivity contribution >= 4 is 11.8 Å². The van der Waals surface area contributed by atoms with Crippen LogP contribution in [0.5, 0.6) is 17.2 Å². The Morgan fingerprint density at radius 2 is 1.32 bits per heavy atom. The van der Waals surface area contributed by atoms with E-state index in [9.17, 15) is 9.59 Å². The zero-order valence-corrected chi connectivity index (χ0v) is 14.4. The molecule has 0 aromatic heterocycles. The number of benzene rings is 2. The Labute approximate surface area is 146 Å². The van der Waals surface area contributed by atoms with Crippen LogP contribution in [0.1, 0.15) is 17.3 Å². The number of esters is 1. The van der Waals surface area contributed by atoms with Gasteiger partial charge >= 0.3 is 5.97 Å². The van der Waals surface area contributed by atoms with Gasteiger partial charge in [-0.3, -0.25) is 4.79 Å². The van der Waals surface area contributed by atoms with Crippen molar-refractivity contribution in [3.63, 3.8) is 0 Å². The molecule has 0 bridgehead atoms. The van der Waals surface area contributed by atoms with Crippen LogP contribution in [0.3, 0.4) is 0 Å². The molecule has 0 saturated carbocycles. The van der Waals surface area contributed by atoms with Crippen LogP contribution in [0, 0.1) is 0 Å². The lowest BCUT2D eigenvalue weighted by atomic mass is 10.1. The maximum Gasteiger partial charge on any atom is 0.344 e.